The largest absolute Gasteiger partial charge is 0.455 e. The molecule has 1 heterocycles. The van der Waals surface area contributed by atoms with E-state index >= 15 is 0 Å². The molecule has 10 aromatic rings. The highest BCUT2D eigenvalue weighted by atomic mass is 16.3. The third-order valence-corrected chi connectivity index (χ3v) is 9.40. The smallest absolute Gasteiger partial charge is 0.143 e. The van der Waals surface area contributed by atoms with Gasteiger partial charge in [-0.2, -0.15) is 0 Å². The van der Waals surface area contributed by atoms with Crippen LogP contribution in [0, 0.1) is 0 Å². The van der Waals surface area contributed by atoms with Crippen LogP contribution in [0.2, 0.25) is 0 Å². The highest BCUT2D eigenvalue weighted by molar-refractivity contribution is 6.40. The highest BCUT2D eigenvalue weighted by Gasteiger charge is 2.17. The molecule has 0 amide bonds. The first kappa shape index (κ1) is 23.0. The molecule has 198 valence electrons. The lowest BCUT2D eigenvalue weighted by atomic mass is 9.85. The lowest BCUT2D eigenvalue weighted by molar-refractivity contribution is 0.670. The maximum absolute atomic E-state index is 6.38. The lowest BCUT2D eigenvalue weighted by Gasteiger charge is -2.18. The Morgan fingerprint density at radius 3 is 1.56 bits per heavy atom. The summed E-state index contributed by atoms with van der Waals surface area (Å²) in [6.07, 6.45) is 0. The van der Waals surface area contributed by atoms with E-state index < -0.39 is 0 Å². The third kappa shape index (κ3) is 3.11. The van der Waals surface area contributed by atoms with E-state index in [0.29, 0.717) is 0 Å². The monoisotopic (exact) mass is 544 g/mol. The molecule has 1 heteroatoms. The van der Waals surface area contributed by atoms with Crippen LogP contribution in [0.3, 0.4) is 0 Å². The van der Waals surface area contributed by atoms with Gasteiger partial charge in [0.05, 0.1) is 0 Å². The van der Waals surface area contributed by atoms with Crippen molar-refractivity contribution in [3.8, 4) is 22.3 Å². The van der Waals surface area contributed by atoms with Gasteiger partial charge >= 0.3 is 0 Å². The number of rotatable bonds is 2. The van der Waals surface area contributed by atoms with Gasteiger partial charge in [0.15, 0.2) is 0 Å². The van der Waals surface area contributed by atoms with Crippen molar-refractivity contribution in [2.75, 3.05) is 0 Å². The zero-order valence-electron chi connectivity index (χ0n) is 23.3. The Labute approximate surface area is 247 Å². The van der Waals surface area contributed by atoms with Crippen LogP contribution in [-0.2, 0) is 0 Å². The molecule has 0 atom stereocenters. The van der Waals surface area contributed by atoms with Crippen LogP contribution in [0.5, 0.6) is 0 Å². The molecule has 0 fully saturated rings. The number of hydrogen-bond donors (Lipinski definition) is 0. The fourth-order valence-corrected chi connectivity index (χ4v) is 7.52. The van der Waals surface area contributed by atoms with Crippen LogP contribution in [-0.4, -0.2) is 0 Å². The molecule has 0 unspecified atom stereocenters. The molecular formula is C42H24O. The van der Waals surface area contributed by atoms with E-state index in [-0.39, 0.29) is 0 Å². The van der Waals surface area contributed by atoms with Crippen molar-refractivity contribution in [1.29, 1.82) is 0 Å². The van der Waals surface area contributed by atoms with Gasteiger partial charge in [0.2, 0.25) is 0 Å². The number of benzene rings is 9. The highest BCUT2D eigenvalue weighted by Crippen LogP contribution is 2.45. The maximum atomic E-state index is 6.38. The van der Waals surface area contributed by atoms with Gasteiger partial charge in [-0.25, -0.2) is 0 Å². The third-order valence-electron chi connectivity index (χ3n) is 9.40. The number of fused-ring (bicyclic) bond motifs is 9. The molecule has 43 heavy (non-hydrogen) atoms. The van der Waals surface area contributed by atoms with Crippen LogP contribution < -0.4 is 0 Å². The van der Waals surface area contributed by atoms with Gasteiger partial charge in [-0.1, -0.05) is 127 Å². The van der Waals surface area contributed by atoms with Crippen molar-refractivity contribution in [2.24, 2.45) is 0 Å². The normalized spacial score (nSPS) is 12.2. The van der Waals surface area contributed by atoms with Crippen molar-refractivity contribution in [3.05, 3.63) is 146 Å². The van der Waals surface area contributed by atoms with Gasteiger partial charge in [-0.3, -0.25) is 0 Å². The maximum Gasteiger partial charge on any atom is 0.143 e. The minimum absolute atomic E-state index is 0.924. The Balaban J connectivity index is 1.23. The first-order valence-corrected chi connectivity index (χ1v) is 14.9. The number of furan rings is 1. The fraction of sp³-hybridized carbons (Fsp3) is 0. The molecular weight excluding hydrogens is 520 g/mol. The zero-order valence-corrected chi connectivity index (χ0v) is 23.3. The Morgan fingerprint density at radius 1 is 0.302 bits per heavy atom. The van der Waals surface area contributed by atoms with Crippen molar-refractivity contribution in [3.63, 3.8) is 0 Å². The Morgan fingerprint density at radius 2 is 0.814 bits per heavy atom. The fourth-order valence-electron chi connectivity index (χ4n) is 7.52. The van der Waals surface area contributed by atoms with Gasteiger partial charge < -0.3 is 4.42 Å². The van der Waals surface area contributed by atoms with E-state index in [9.17, 15) is 0 Å². The average molecular weight is 545 g/mol. The second kappa shape index (κ2) is 8.44. The molecule has 0 N–H and O–H groups in total. The van der Waals surface area contributed by atoms with Gasteiger partial charge in [-0.05, 0) is 88.8 Å². The topological polar surface area (TPSA) is 13.1 Å². The van der Waals surface area contributed by atoms with E-state index in [0.717, 1.165) is 33.1 Å². The molecule has 1 aromatic heterocycles. The summed E-state index contributed by atoms with van der Waals surface area (Å²) in [5.41, 5.74) is 6.55. The molecule has 0 bridgehead atoms. The van der Waals surface area contributed by atoms with Crippen molar-refractivity contribution < 1.29 is 4.42 Å². The van der Waals surface area contributed by atoms with Crippen LogP contribution in [0.4, 0.5) is 0 Å². The summed E-state index contributed by atoms with van der Waals surface area (Å²) in [5, 5.41) is 15.6. The SMILES string of the molecule is c1cc(-c2ccc3c(c2)c2cccc4c5ccccc5c5cccc3c5c42)cc(-c2cccc3c2oc2ccccc23)c1. The van der Waals surface area contributed by atoms with Crippen LogP contribution in [0.25, 0.3) is 98.1 Å². The summed E-state index contributed by atoms with van der Waals surface area (Å²) < 4.78 is 6.38. The van der Waals surface area contributed by atoms with Gasteiger partial charge in [0.1, 0.15) is 11.2 Å². The van der Waals surface area contributed by atoms with Crippen LogP contribution in [0.1, 0.15) is 0 Å². The summed E-state index contributed by atoms with van der Waals surface area (Å²) in [7, 11) is 0. The molecule has 0 saturated heterocycles. The predicted octanol–water partition coefficient (Wildman–Crippen LogP) is 12.1. The van der Waals surface area contributed by atoms with E-state index in [1.54, 1.807) is 0 Å². The second-order valence-corrected chi connectivity index (χ2v) is 11.6. The molecule has 0 spiro atoms. The molecule has 0 aliphatic rings. The molecule has 1 nitrogen and oxygen atoms in total. The molecule has 0 radical (unpaired) electrons. The molecule has 9 aromatic carbocycles. The van der Waals surface area contributed by atoms with Crippen molar-refractivity contribution in [1.82, 2.24) is 0 Å². The van der Waals surface area contributed by atoms with E-state index in [1.165, 1.54) is 65.0 Å². The lowest BCUT2D eigenvalue weighted by Crippen LogP contribution is -1.90. The quantitative estimate of drug-likeness (QED) is 0.156. The summed E-state index contributed by atoms with van der Waals surface area (Å²) in [6, 6.07) is 53.0. The molecule has 0 aliphatic heterocycles. The summed E-state index contributed by atoms with van der Waals surface area (Å²) in [4.78, 5) is 0. The number of para-hydroxylation sites is 2. The minimum atomic E-state index is 0.924. The van der Waals surface area contributed by atoms with E-state index in [4.69, 9.17) is 4.42 Å². The summed E-state index contributed by atoms with van der Waals surface area (Å²) in [6.45, 7) is 0. The van der Waals surface area contributed by atoms with Crippen LogP contribution in [0.15, 0.2) is 150 Å². The minimum Gasteiger partial charge on any atom is -0.455 e. The summed E-state index contributed by atoms with van der Waals surface area (Å²) >= 11 is 0. The zero-order chi connectivity index (χ0) is 28.1. The first-order valence-electron chi connectivity index (χ1n) is 14.9. The predicted molar refractivity (Wildman–Crippen MR) is 183 cm³/mol. The van der Waals surface area contributed by atoms with Gasteiger partial charge in [0.25, 0.3) is 0 Å². The standard InChI is InChI=1S/C42H24O/c1-2-12-30-29(11-1)33-15-7-17-35-31-22-21-26(24-38(31)36-18-8-16-34(30)41(36)40(33)35)25-9-5-10-27(23-25)28-14-6-19-37-32-13-3-4-20-39(32)43-42(28)37/h1-24H. The first-order chi connectivity index (χ1) is 21.3. The Bertz CT molecular complexity index is 2730. The van der Waals surface area contributed by atoms with E-state index in [2.05, 4.69) is 133 Å². The second-order valence-electron chi connectivity index (χ2n) is 11.6. The Kier molecular flexibility index (Phi) is 4.51. The molecule has 10 rings (SSSR count). The summed E-state index contributed by atoms with van der Waals surface area (Å²) in [5.74, 6) is 0. The van der Waals surface area contributed by atoms with E-state index in [1.807, 2.05) is 12.1 Å². The molecule has 0 aliphatic carbocycles. The van der Waals surface area contributed by atoms with Gasteiger partial charge in [-0.15, -0.1) is 0 Å². The van der Waals surface area contributed by atoms with Crippen LogP contribution >= 0.6 is 0 Å². The van der Waals surface area contributed by atoms with Gasteiger partial charge in [0, 0.05) is 16.3 Å². The molecule has 0 saturated carbocycles. The Hall–Kier alpha value is -5.66. The van der Waals surface area contributed by atoms with Crippen molar-refractivity contribution >= 4 is 75.8 Å². The number of hydrogen-bond acceptors (Lipinski definition) is 1. The average Bonchev–Trinajstić information content (AvgIpc) is 3.47. The van der Waals surface area contributed by atoms with Crippen molar-refractivity contribution in [2.45, 2.75) is 0 Å².